The fourth-order valence-corrected chi connectivity index (χ4v) is 3.12. The zero-order chi connectivity index (χ0) is 17.9. The number of H-pyrrole nitrogens is 1. The molecule has 9 heteroatoms. The first-order chi connectivity index (χ1) is 12.0. The molecule has 0 amide bonds. The molecule has 0 unspecified atom stereocenters. The summed E-state index contributed by atoms with van der Waals surface area (Å²) in [5, 5.41) is 11.7. The highest BCUT2D eigenvalue weighted by atomic mass is 35.5. The van der Waals surface area contributed by atoms with Crippen molar-refractivity contribution in [2.75, 3.05) is 0 Å². The van der Waals surface area contributed by atoms with E-state index >= 15 is 0 Å². The van der Waals surface area contributed by atoms with Crippen LogP contribution in [-0.4, -0.2) is 24.8 Å². The molecule has 0 spiro atoms. The van der Waals surface area contributed by atoms with E-state index in [1.165, 1.54) is 30.5 Å². The Morgan fingerprint density at radius 1 is 1.00 bits per heavy atom. The summed E-state index contributed by atoms with van der Waals surface area (Å²) < 4.78 is 24.3. The van der Waals surface area contributed by atoms with Crippen LogP contribution >= 0.6 is 23.2 Å². The van der Waals surface area contributed by atoms with Crippen molar-refractivity contribution >= 4 is 39.4 Å². The molecule has 0 bridgehead atoms. The Bertz CT molecular complexity index is 997. The average Bonchev–Trinajstić information content (AvgIpc) is 3.04. The predicted molar refractivity (Wildman–Crippen MR) is 98.4 cm³/mol. The molecule has 0 radical (unpaired) electrons. The molecule has 2 aromatic carbocycles. The van der Waals surface area contributed by atoms with E-state index in [4.69, 9.17) is 23.2 Å². The number of hydrazone groups is 1. The van der Waals surface area contributed by atoms with E-state index in [0.29, 0.717) is 21.3 Å². The van der Waals surface area contributed by atoms with E-state index in [2.05, 4.69) is 20.1 Å². The monoisotopic (exact) mass is 394 g/mol. The van der Waals surface area contributed by atoms with Crippen LogP contribution in [0.15, 0.2) is 64.7 Å². The minimum absolute atomic E-state index is 0.0687. The van der Waals surface area contributed by atoms with Crippen molar-refractivity contribution < 1.29 is 8.42 Å². The smallest absolute Gasteiger partial charge is 0.276 e. The number of nitrogens with one attached hydrogen (secondary N) is 2. The standard InChI is InChI=1S/C16H12Cl2N4O2S/c17-13-3-1-11(2-4-13)16-12(9-19-21-16)10-20-22-25(23,24)15-7-5-14(18)6-8-15/h1-10,22H,(H,19,21)/b20-10+. The lowest BCUT2D eigenvalue weighted by Gasteiger charge is -2.03. The van der Waals surface area contributed by atoms with Crippen LogP contribution < -0.4 is 4.83 Å². The third kappa shape index (κ3) is 4.19. The number of aromatic amines is 1. The number of aromatic nitrogens is 2. The van der Waals surface area contributed by atoms with Crippen LogP contribution in [0.25, 0.3) is 11.3 Å². The average molecular weight is 395 g/mol. The van der Waals surface area contributed by atoms with Crippen molar-refractivity contribution in [3.05, 3.63) is 70.3 Å². The van der Waals surface area contributed by atoms with Gasteiger partial charge in [0.25, 0.3) is 10.0 Å². The van der Waals surface area contributed by atoms with E-state index in [1.807, 2.05) is 12.1 Å². The molecule has 0 aliphatic carbocycles. The highest BCUT2D eigenvalue weighted by Gasteiger charge is 2.12. The van der Waals surface area contributed by atoms with Crippen LogP contribution in [-0.2, 0) is 10.0 Å². The van der Waals surface area contributed by atoms with Crippen molar-refractivity contribution in [2.24, 2.45) is 5.10 Å². The van der Waals surface area contributed by atoms with Gasteiger partial charge in [0.15, 0.2) is 0 Å². The van der Waals surface area contributed by atoms with Crippen LogP contribution in [0.3, 0.4) is 0 Å². The molecule has 0 fully saturated rings. The lowest BCUT2D eigenvalue weighted by atomic mass is 10.1. The maximum Gasteiger partial charge on any atom is 0.276 e. The van der Waals surface area contributed by atoms with Crippen LogP contribution in [0.1, 0.15) is 5.56 Å². The van der Waals surface area contributed by atoms with E-state index in [0.717, 1.165) is 5.56 Å². The van der Waals surface area contributed by atoms with Gasteiger partial charge in [-0.15, -0.1) is 0 Å². The summed E-state index contributed by atoms with van der Waals surface area (Å²) in [6, 6.07) is 12.9. The summed E-state index contributed by atoms with van der Waals surface area (Å²) in [4.78, 5) is 2.23. The lowest BCUT2D eigenvalue weighted by Crippen LogP contribution is -2.18. The van der Waals surface area contributed by atoms with E-state index in [-0.39, 0.29) is 4.90 Å². The number of hydrogen-bond acceptors (Lipinski definition) is 4. The summed E-state index contributed by atoms with van der Waals surface area (Å²) in [7, 11) is -3.77. The van der Waals surface area contributed by atoms with Crippen molar-refractivity contribution in [1.82, 2.24) is 15.0 Å². The zero-order valence-corrected chi connectivity index (χ0v) is 15.0. The molecule has 1 aromatic heterocycles. The second kappa shape index (κ2) is 7.26. The second-order valence-corrected chi connectivity index (χ2v) is 7.55. The number of halogens is 2. The molecule has 0 saturated carbocycles. The normalized spacial score (nSPS) is 11.8. The molecule has 0 saturated heterocycles. The maximum atomic E-state index is 12.2. The molecule has 128 valence electrons. The Morgan fingerprint density at radius 2 is 1.60 bits per heavy atom. The largest absolute Gasteiger partial charge is 0.277 e. The number of hydrogen-bond donors (Lipinski definition) is 2. The molecule has 3 rings (SSSR count). The topological polar surface area (TPSA) is 87.2 Å². The Balaban J connectivity index is 1.78. The van der Waals surface area contributed by atoms with Gasteiger partial charge in [-0.3, -0.25) is 5.10 Å². The fourth-order valence-electron chi connectivity index (χ4n) is 2.07. The minimum Gasteiger partial charge on any atom is -0.277 e. The molecule has 6 nitrogen and oxygen atoms in total. The highest BCUT2D eigenvalue weighted by molar-refractivity contribution is 7.89. The third-order valence-corrected chi connectivity index (χ3v) is 5.04. The first kappa shape index (κ1) is 17.5. The van der Waals surface area contributed by atoms with Crippen LogP contribution in [0.5, 0.6) is 0 Å². The van der Waals surface area contributed by atoms with Crippen molar-refractivity contribution in [1.29, 1.82) is 0 Å². The second-order valence-electron chi connectivity index (χ2n) is 5.01. The summed E-state index contributed by atoms with van der Waals surface area (Å²) in [6.07, 6.45) is 2.92. The van der Waals surface area contributed by atoms with E-state index in [1.54, 1.807) is 18.3 Å². The summed E-state index contributed by atoms with van der Waals surface area (Å²) in [5.41, 5.74) is 2.18. The van der Waals surface area contributed by atoms with Gasteiger partial charge in [-0.2, -0.15) is 18.6 Å². The summed E-state index contributed by atoms with van der Waals surface area (Å²) in [6.45, 7) is 0. The van der Waals surface area contributed by atoms with Crippen molar-refractivity contribution in [3.63, 3.8) is 0 Å². The molecule has 0 atom stereocenters. The van der Waals surface area contributed by atoms with Crippen LogP contribution in [0.2, 0.25) is 10.0 Å². The van der Waals surface area contributed by atoms with Gasteiger partial charge in [-0.1, -0.05) is 35.3 Å². The van der Waals surface area contributed by atoms with Gasteiger partial charge in [-0.25, -0.2) is 4.83 Å². The number of benzene rings is 2. The SMILES string of the molecule is O=S(=O)(N/N=C/c1cn[nH]c1-c1ccc(Cl)cc1)c1ccc(Cl)cc1. The molecule has 25 heavy (non-hydrogen) atoms. The van der Waals surface area contributed by atoms with Gasteiger partial charge in [0.1, 0.15) is 0 Å². The fraction of sp³-hybridized carbons (Fsp3) is 0. The molecule has 1 heterocycles. The zero-order valence-electron chi connectivity index (χ0n) is 12.6. The first-order valence-corrected chi connectivity index (χ1v) is 9.29. The van der Waals surface area contributed by atoms with E-state index < -0.39 is 10.0 Å². The van der Waals surface area contributed by atoms with Gasteiger partial charge in [-0.05, 0) is 36.4 Å². The Morgan fingerprint density at radius 3 is 2.24 bits per heavy atom. The number of rotatable bonds is 5. The van der Waals surface area contributed by atoms with Gasteiger partial charge in [0.05, 0.1) is 23.0 Å². The van der Waals surface area contributed by atoms with E-state index in [9.17, 15) is 8.42 Å². The Labute approximate surface area is 154 Å². The predicted octanol–water partition coefficient (Wildman–Crippen LogP) is 3.70. The van der Waals surface area contributed by atoms with Gasteiger partial charge < -0.3 is 0 Å². The van der Waals surface area contributed by atoms with Crippen molar-refractivity contribution in [3.8, 4) is 11.3 Å². The molecular weight excluding hydrogens is 383 g/mol. The highest BCUT2D eigenvalue weighted by Crippen LogP contribution is 2.22. The molecule has 2 N–H and O–H groups in total. The Kier molecular flexibility index (Phi) is 5.08. The van der Waals surface area contributed by atoms with Gasteiger partial charge in [0.2, 0.25) is 0 Å². The quantitative estimate of drug-likeness (QED) is 0.510. The minimum atomic E-state index is -3.77. The number of sulfonamides is 1. The molecule has 0 aliphatic heterocycles. The molecular formula is C16H12Cl2N4O2S. The van der Waals surface area contributed by atoms with Gasteiger partial charge in [0, 0.05) is 21.2 Å². The van der Waals surface area contributed by atoms with Crippen molar-refractivity contribution in [2.45, 2.75) is 4.90 Å². The third-order valence-electron chi connectivity index (χ3n) is 3.30. The summed E-state index contributed by atoms with van der Waals surface area (Å²) >= 11 is 11.6. The maximum absolute atomic E-state index is 12.2. The molecule has 0 aliphatic rings. The lowest BCUT2D eigenvalue weighted by molar-refractivity contribution is 0.584. The Hall–Kier alpha value is -2.35. The summed E-state index contributed by atoms with van der Waals surface area (Å²) in [5.74, 6) is 0. The van der Waals surface area contributed by atoms with Gasteiger partial charge >= 0.3 is 0 Å². The first-order valence-electron chi connectivity index (χ1n) is 7.05. The number of nitrogens with zero attached hydrogens (tertiary/aromatic N) is 2. The van der Waals surface area contributed by atoms with Crippen LogP contribution in [0.4, 0.5) is 0 Å². The van der Waals surface area contributed by atoms with Crippen LogP contribution in [0, 0.1) is 0 Å². The molecule has 3 aromatic rings.